The molecule has 2 bridgehead atoms. The number of hydrogen-bond donors (Lipinski definition) is 7. The van der Waals surface area contributed by atoms with Gasteiger partial charge in [-0.2, -0.15) is 0 Å². The largest absolute Gasteiger partial charge is 0.445 e. The van der Waals surface area contributed by atoms with Crippen molar-refractivity contribution in [3.05, 3.63) is 65.0 Å². The van der Waals surface area contributed by atoms with Crippen LogP contribution < -0.4 is 37.6 Å². The Labute approximate surface area is 385 Å². The van der Waals surface area contributed by atoms with E-state index in [-0.39, 0.29) is 51.9 Å². The number of nitrogens with one attached hydrogen (secondary N) is 6. The van der Waals surface area contributed by atoms with Gasteiger partial charge in [0, 0.05) is 31.3 Å². The zero-order valence-corrected chi connectivity index (χ0v) is 38.2. The molecule has 1 saturated carbocycles. The first kappa shape index (κ1) is 50.8. The quantitative estimate of drug-likeness (QED) is 0.0760. The summed E-state index contributed by atoms with van der Waals surface area (Å²) in [4.78, 5) is 97.3. The van der Waals surface area contributed by atoms with Crippen LogP contribution in [0.4, 0.5) is 10.5 Å². The molecule has 1 heterocycles. The van der Waals surface area contributed by atoms with Crippen molar-refractivity contribution in [3.8, 4) is 0 Å². The lowest BCUT2D eigenvalue weighted by molar-refractivity contribution is -0.133. The number of carbonyl (C=O) groups is 7. The number of anilines is 1. The van der Waals surface area contributed by atoms with Crippen LogP contribution in [-0.4, -0.2) is 110 Å². The van der Waals surface area contributed by atoms with Crippen molar-refractivity contribution in [2.75, 3.05) is 45.3 Å². The van der Waals surface area contributed by atoms with E-state index in [0.717, 1.165) is 35.3 Å². The number of carbonyl (C=O) groups excluding carboxylic acids is 7. The summed E-state index contributed by atoms with van der Waals surface area (Å²) in [6.45, 7) is 3.88. The zero-order chi connectivity index (χ0) is 47.4. The number of rotatable bonds is 21. The number of benzene rings is 2. The molecule has 5 rings (SSSR count). The van der Waals surface area contributed by atoms with Gasteiger partial charge in [-0.15, -0.1) is 0 Å². The van der Waals surface area contributed by atoms with Crippen LogP contribution >= 0.6 is 0 Å². The average Bonchev–Trinajstić information content (AvgIpc) is 3.45. The van der Waals surface area contributed by atoms with E-state index in [1.54, 1.807) is 30.3 Å². The van der Waals surface area contributed by atoms with Crippen LogP contribution in [0, 0.1) is 11.8 Å². The lowest BCUT2D eigenvalue weighted by Crippen LogP contribution is -2.55. The summed E-state index contributed by atoms with van der Waals surface area (Å²) in [6, 6.07) is 8.29. The summed E-state index contributed by atoms with van der Waals surface area (Å²) in [7, 11) is 1.43. The molecule has 358 valence electrons. The topological polar surface area (TPSA) is 271 Å². The zero-order valence-electron chi connectivity index (χ0n) is 38.2. The number of nitrogens with zero attached hydrogens (tertiary/aromatic N) is 2. The van der Waals surface area contributed by atoms with E-state index in [1.165, 1.54) is 72.3 Å². The van der Waals surface area contributed by atoms with Gasteiger partial charge in [0.15, 0.2) is 0 Å². The van der Waals surface area contributed by atoms with Crippen molar-refractivity contribution in [2.45, 2.75) is 116 Å². The fourth-order valence-corrected chi connectivity index (χ4v) is 8.07. The molecular formula is C47H65N9O10. The smallest absolute Gasteiger partial charge is 0.407 e. The second-order valence-corrected chi connectivity index (χ2v) is 17.0. The molecule has 1 aromatic heterocycles. The van der Waals surface area contributed by atoms with Gasteiger partial charge in [0.1, 0.15) is 24.7 Å². The molecule has 5 atom stereocenters. The molecule has 7 amide bonds. The molecule has 19 heteroatoms. The standard InChI is InChI=1S/C47H65N9O10/c1-29(43(59)52-30(2)44(60)56-40(27-41(48)57)46(62)53-35-14-11-31(12-15-35)28-66-47(63)49-3)51-42(58)17-19-64-21-22-65-20-18-50-45(61)34-13-16-36-39(26-34)55-38-25-33-10-8-6-4-5-7-9-32(23-33)24-37(38)54-36/h11-16,26,29-30,32-33,40H,4-10,17-25,27-28H2,1-3H3,(H2,48,57)(H,49,63)(H,50,61)(H,51,58)(H,52,59)(H,53,62)(H,56,60)/t29-,30-,32?,33?,40-/m0/s1. The average molecular weight is 916 g/mol. The summed E-state index contributed by atoms with van der Waals surface area (Å²) in [5.74, 6) is -2.39. The fourth-order valence-electron chi connectivity index (χ4n) is 8.07. The second-order valence-electron chi connectivity index (χ2n) is 17.0. The summed E-state index contributed by atoms with van der Waals surface area (Å²) in [5, 5.41) is 15.3. The highest BCUT2D eigenvalue weighted by molar-refractivity contribution is 6.01. The monoisotopic (exact) mass is 915 g/mol. The lowest BCUT2D eigenvalue weighted by Gasteiger charge is -2.22. The minimum absolute atomic E-state index is 0.00313. The molecule has 2 aliphatic rings. The molecular weight excluding hydrogens is 851 g/mol. The first-order chi connectivity index (χ1) is 31.8. The molecule has 66 heavy (non-hydrogen) atoms. The number of fused-ring (bicyclic) bond motifs is 4. The van der Waals surface area contributed by atoms with E-state index in [2.05, 4.69) is 31.9 Å². The van der Waals surface area contributed by atoms with E-state index in [4.69, 9.17) is 29.9 Å². The number of hydrogen-bond acceptors (Lipinski definition) is 12. The minimum Gasteiger partial charge on any atom is -0.445 e. The van der Waals surface area contributed by atoms with E-state index in [9.17, 15) is 33.6 Å². The van der Waals surface area contributed by atoms with Gasteiger partial charge in [0.05, 0.1) is 55.3 Å². The maximum atomic E-state index is 13.0. The first-order valence-electron chi connectivity index (χ1n) is 22.9. The predicted octanol–water partition coefficient (Wildman–Crippen LogP) is 3.11. The van der Waals surface area contributed by atoms with Gasteiger partial charge < -0.3 is 51.8 Å². The van der Waals surface area contributed by atoms with Gasteiger partial charge in [0.2, 0.25) is 29.5 Å². The van der Waals surface area contributed by atoms with Crippen LogP contribution in [0.5, 0.6) is 0 Å². The van der Waals surface area contributed by atoms with Crippen molar-refractivity contribution in [1.82, 2.24) is 36.6 Å². The summed E-state index contributed by atoms with van der Waals surface area (Å²) in [5.41, 5.74) is 10.6. The van der Waals surface area contributed by atoms with Crippen LogP contribution in [-0.2, 0) is 57.6 Å². The number of nitrogens with two attached hydrogens (primary N) is 1. The maximum absolute atomic E-state index is 13.0. The van der Waals surface area contributed by atoms with Gasteiger partial charge in [-0.05, 0) is 80.8 Å². The third kappa shape index (κ3) is 16.7. The van der Waals surface area contributed by atoms with Gasteiger partial charge in [0.25, 0.3) is 5.91 Å². The Balaban J connectivity index is 0.941. The van der Waals surface area contributed by atoms with E-state index in [0.29, 0.717) is 28.7 Å². The SMILES string of the molecule is CNC(=O)OCc1ccc(NC(=O)[C@H](CC(N)=O)NC(=O)[C@H](C)NC(=O)[C@H](C)NC(=O)CCOCCOCCNC(=O)c2ccc3nc4c(nc3c2)CC2CCCCCCCC(C4)C2)cc1. The predicted molar refractivity (Wildman–Crippen MR) is 245 cm³/mol. The number of primary amides is 1. The summed E-state index contributed by atoms with van der Waals surface area (Å²) < 4.78 is 16.1. The molecule has 0 spiro atoms. The normalized spacial score (nSPS) is 17.3. The highest BCUT2D eigenvalue weighted by atomic mass is 16.5. The molecule has 19 nitrogen and oxygen atoms in total. The van der Waals surface area contributed by atoms with E-state index in [1.807, 2.05) is 12.1 Å². The minimum atomic E-state index is -1.36. The second kappa shape index (κ2) is 26.1. The Hall–Kier alpha value is -6.21. The fraction of sp³-hybridized carbons (Fsp3) is 0.553. The molecule has 0 aliphatic heterocycles. The summed E-state index contributed by atoms with van der Waals surface area (Å²) in [6.07, 6.45) is 11.1. The van der Waals surface area contributed by atoms with Crippen LogP contribution in [0.3, 0.4) is 0 Å². The van der Waals surface area contributed by atoms with Gasteiger partial charge in [-0.3, -0.25) is 28.8 Å². The molecule has 0 saturated heterocycles. The van der Waals surface area contributed by atoms with Crippen molar-refractivity contribution in [1.29, 1.82) is 0 Å². The molecule has 1 fully saturated rings. The Morgan fingerprint density at radius 3 is 2.02 bits per heavy atom. The van der Waals surface area contributed by atoms with E-state index < -0.39 is 60.2 Å². The Morgan fingerprint density at radius 1 is 0.727 bits per heavy atom. The molecule has 2 aliphatic carbocycles. The Kier molecular flexibility index (Phi) is 20.1. The molecule has 2 aromatic carbocycles. The highest BCUT2D eigenvalue weighted by Crippen LogP contribution is 2.34. The highest BCUT2D eigenvalue weighted by Gasteiger charge is 2.29. The third-order valence-corrected chi connectivity index (χ3v) is 11.7. The first-order valence-corrected chi connectivity index (χ1v) is 22.9. The molecule has 0 radical (unpaired) electrons. The van der Waals surface area contributed by atoms with Crippen LogP contribution in [0.25, 0.3) is 11.0 Å². The van der Waals surface area contributed by atoms with Crippen molar-refractivity contribution >= 4 is 58.3 Å². The Morgan fingerprint density at radius 2 is 1.35 bits per heavy atom. The number of ether oxygens (including phenoxy) is 3. The van der Waals surface area contributed by atoms with Gasteiger partial charge in [-0.1, -0.05) is 57.1 Å². The molecule has 3 aromatic rings. The number of aromatic nitrogens is 2. The number of alkyl carbamates (subject to hydrolysis) is 1. The van der Waals surface area contributed by atoms with Crippen LogP contribution in [0.2, 0.25) is 0 Å². The van der Waals surface area contributed by atoms with Crippen molar-refractivity contribution < 1.29 is 47.8 Å². The van der Waals surface area contributed by atoms with Crippen molar-refractivity contribution in [2.24, 2.45) is 17.6 Å². The van der Waals surface area contributed by atoms with Crippen molar-refractivity contribution in [3.63, 3.8) is 0 Å². The number of amides is 7. The lowest BCUT2D eigenvalue weighted by atomic mass is 9.84. The third-order valence-electron chi connectivity index (χ3n) is 11.7. The van der Waals surface area contributed by atoms with Crippen LogP contribution in [0.1, 0.15) is 105 Å². The van der Waals surface area contributed by atoms with Crippen LogP contribution in [0.15, 0.2) is 42.5 Å². The van der Waals surface area contributed by atoms with E-state index >= 15 is 0 Å². The molecule has 2 unspecified atom stereocenters. The van der Waals surface area contributed by atoms with Gasteiger partial charge in [-0.25, -0.2) is 14.8 Å². The molecule has 8 N–H and O–H groups in total. The summed E-state index contributed by atoms with van der Waals surface area (Å²) >= 11 is 0. The maximum Gasteiger partial charge on any atom is 0.407 e. The Bertz CT molecular complexity index is 2150. The van der Waals surface area contributed by atoms with Gasteiger partial charge >= 0.3 is 6.09 Å².